The van der Waals surface area contributed by atoms with Crippen molar-refractivity contribution in [3.05, 3.63) is 69.8 Å². The number of anilines is 1. The summed E-state index contributed by atoms with van der Waals surface area (Å²) in [7, 11) is 0. The fraction of sp³-hybridized carbons (Fsp3) is 0.250. The van der Waals surface area contributed by atoms with Crippen LogP contribution < -0.4 is 10.6 Å². The Morgan fingerprint density at radius 2 is 1.93 bits per heavy atom. The number of nitrogens with one attached hydrogen (secondary N) is 2. The van der Waals surface area contributed by atoms with E-state index in [9.17, 15) is 24.5 Å². The van der Waals surface area contributed by atoms with Crippen molar-refractivity contribution in [2.24, 2.45) is 0 Å². The molecule has 1 atom stereocenters. The second kappa shape index (κ2) is 7.59. The number of rotatable bonds is 5. The number of benzene rings is 2. The molecule has 8 heteroatoms. The molecular formula is C20H19N3O5. The Morgan fingerprint density at radius 3 is 2.54 bits per heavy atom. The van der Waals surface area contributed by atoms with Gasteiger partial charge in [-0.05, 0) is 36.6 Å². The number of carbonyl (C=O) groups is 3. The summed E-state index contributed by atoms with van der Waals surface area (Å²) in [6, 6.07) is 12.3. The highest BCUT2D eigenvalue weighted by Gasteiger charge is 2.42. The van der Waals surface area contributed by atoms with Crippen LogP contribution in [0.2, 0.25) is 0 Å². The highest BCUT2D eigenvalue weighted by atomic mass is 16.6. The van der Waals surface area contributed by atoms with E-state index in [1.165, 1.54) is 24.3 Å². The molecule has 2 N–H and O–H groups in total. The van der Waals surface area contributed by atoms with Crippen molar-refractivity contribution < 1.29 is 19.3 Å². The van der Waals surface area contributed by atoms with Crippen LogP contribution in [-0.4, -0.2) is 22.6 Å². The van der Waals surface area contributed by atoms with E-state index in [1.807, 2.05) is 6.92 Å². The van der Waals surface area contributed by atoms with Gasteiger partial charge in [-0.15, -0.1) is 0 Å². The smallest absolute Gasteiger partial charge is 0.270 e. The molecule has 3 amide bonds. The summed E-state index contributed by atoms with van der Waals surface area (Å²) < 4.78 is 0. The van der Waals surface area contributed by atoms with E-state index in [-0.39, 0.29) is 29.5 Å². The summed E-state index contributed by atoms with van der Waals surface area (Å²) in [5, 5.41) is 15.9. The lowest BCUT2D eigenvalue weighted by Crippen LogP contribution is -2.51. The molecule has 0 spiro atoms. The molecule has 1 aliphatic rings. The third-order valence-electron chi connectivity index (χ3n) is 5.08. The zero-order chi connectivity index (χ0) is 20.3. The second-order valence-electron chi connectivity index (χ2n) is 6.65. The van der Waals surface area contributed by atoms with Crippen LogP contribution in [0.4, 0.5) is 11.4 Å². The topological polar surface area (TPSA) is 118 Å². The van der Waals surface area contributed by atoms with Crippen molar-refractivity contribution in [1.82, 2.24) is 5.32 Å². The number of non-ortho nitro benzene ring substituents is 1. The Labute approximate surface area is 161 Å². The predicted octanol–water partition coefficient (Wildman–Crippen LogP) is 2.93. The van der Waals surface area contributed by atoms with E-state index in [1.54, 1.807) is 24.3 Å². The monoisotopic (exact) mass is 381 g/mol. The predicted molar refractivity (Wildman–Crippen MR) is 102 cm³/mol. The van der Waals surface area contributed by atoms with Crippen LogP contribution in [0.15, 0.2) is 48.5 Å². The van der Waals surface area contributed by atoms with Crippen LogP contribution in [-0.2, 0) is 15.0 Å². The molecule has 1 aliphatic heterocycles. The minimum Gasteiger partial charge on any atom is -0.322 e. The largest absolute Gasteiger partial charge is 0.322 e. The number of piperidine rings is 1. The average molecular weight is 381 g/mol. The average Bonchev–Trinajstić information content (AvgIpc) is 2.69. The second-order valence-corrected chi connectivity index (χ2v) is 6.65. The van der Waals surface area contributed by atoms with E-state index < -0.39 is 16.2 Å². The molecule has 1 fully saturated rings. The highest BCUT2D eigenvalue weighted by molar-refractivity contribution is 6.05. The van der Waals surface area contributed by atoms with Crippen molar-refractivity contribution in [2.75, 3.05) is 5.32 Å². The number of hydrogen-bond acceptors (Lipinski definition) is 5. The van der Waals surface area contributed by atoms with Gasteiger partial charge in [-0.1, -0.05) is 25.1 Å². The minimum absolute atomic E-state index is 0.161. The van der Waals surface area contributed by atoms with Gasteiger partial charge in [0.05, 0.1) is 10.3 Å². The molecule has 0 aromatic heterocycles. The van der Waals surface area contributed by atoms with Crippen molar-refractivity contribution in [2.45, 2.75) is 31.6 Å². The summed E-state index contributed by atoms with van der Waals surface area (Å²) in [5.41, 5.74) is 0.516. The maximum absolute atomic E-state index is 12.4. The molecule has 0 bridgehead atoms. The number of nitro benzene ring substituents is 1. The molecular weight excluding hydrogens is 362 g/mol. The summed E-state index contributed by atoms with van der Waals surface area (Å²) in [4.78, 5) is 46.5. The maximum atomic E-state index is 12.4. The van der Waals surface area contributed by atoms with Crippen molar-refractivity contribution >= 4 is 29.1 Å². The third kappa shape index (κ3) is 3.62. The molecule has 0 aliphatic carbocycles. The molecule has 2 aromatic carbocycles. The molecule has 144 valence electrons. The van der Waals surface area contributed by atoms with Gasteiger partial charge in [0.2, 0.25) is 11.8 Å². The number of nitrogens with zero attached hydrogens (tertiary/aromatic N) is 1. The molecule has 8 nitrogen and oxygen atoms in total. The maximum Gasteiger partial charge on any atom is 0.270 e. The Bertz CT molecular complexity index is 955. The van der Waals surface area contributed by atoms with Crippen LogP contribution in [0.1, 0.15) is 42.1 Å². The molecule has 2 aromatic rings. The Morgan fingerprint density at radius 1 is 1.21 bits per heavy atom. The molecule has 0 saturated carbocycles. The van der Waals surface area contributed by atoms with E-state index in [0.29, 0.717) is 18.5 Å². The number of imide groups is 1. The Balaban J connectivity index is 1.78. The number of amides is 3. The summed E-state index contributed by atoms with van der Waals surface area (Å²) in [5.74, 6) is -1.04. The normalized spacial score (nSPS) is 19.0. The fourth-order valence-corrected chi connectivity index (χ4v) is 3.40. The van der Waals surface area contributed by atoms with Crippen LogP contribution in [0.3, 0.4) is 0 Å². The van der Waals surface area contributed by atoms with Crippen molar-refractivity contribution in [3.63, 3.8) is 0 Å². The molecule has 0 radical (unpaired) electrons. The van der Waals surface area contributed by atoms with Crippen molar-refractivity contribution in [3.8, 4) is 0 Å². The zero-order valence-electron chi connectivity index (χ0n) is 15.2. The summed E-state index contributed by atoms with van der Waals surface area (Å²) >= 11 is 0. The van der Waals surface area contributed by atoms with Crippen LogP contribution in [0, 0.1) is 10.1 Å². The molecule has 0 unspecified atom stereocenters. The lowest BCUT2D eigenvalue weighted by molar-refractivity contribution is -0.384. The fourth-order valence-electron chi connectivity index (χ4n) is 3.40. The Hall–Kier alpha value is -3.55. The molecule has 28 heavy (non-hydrogen) atoms. The first-order chi connectivity index (χ1) is 13.4. The molecule has 1 saturated heterocycles. The minimum atomic E-state index is -0.767. The first-order valence-corrected chi connectivity index (χ1v) is 8.86. The van der Waals surface area contributed by atoms with Gasteiger partial charge in [0.25, 0.3) is 11.6 Å². The van der Waals surface area contributed by atoms with E-state index >= 15 is 0 Å². The van der Waals surface area contributed by atoms with Gasteiger partial charge in [-0.3, -0.25) is 29.8 Å². The Kier molecular flexibility index (Phi) is 5.21. The van der Waals surface area contributed by atoms with Gasteiger partial charge in [0.1, 0.15) is 0 Å². The van der Waals surface area contributed by atoms with Gasteiger partial charge < -0.3 is 5.32 Å². The summed E-state index contributed by atoms with van der Waals surface area (Å²) in [6.45, 7) is 1.90. The third-order valence-corrected chi connectivity index (χ3v) is 5.08. The zero-order valence-corrected chi connectivity index (χ0v) is 15.2. The van der Waals surface area contributed by atoms with Crippen molar-refractivity contribution in [1.29, 1.82) is 0 Å². The SMILES string of the molecule is CC[C@]1(c2ccc(NC(=O)c3cccc([N+](=O)[O-])c3)cc2)CCC(=O)NC1=O. The lowest BCUT2D eigenvalue weighted by atomic mass is 9.72. The lowest BCUT2D eigenvalue weighted by Gasteiger charge is -2.35. The van der Waals surface area contributed by atoms with E-state index in [0.717, 1.165) is 5.56 Å². The highest BCUT2D eigenvalue weighted by Crippen LogP contribution is 2.36. The number of hydrogen-bond donors (Lipinski definition) is 2. The van der Waals surface area contributed by atoms with Gasteiger partial charge in [0.15, 0.2) is 0 Å². The standard InChI is InChI=1S/C20H19N3O5/c1-2-20(11-10-17(24)22-19(20)26)14-6-8-15(9-7-14)21-18(25)13-4-3-5-16(12-13)23(27)28/h3-9,12H,2,10-11H2,1H3,(H,21,25)(H,22,24,26)/t20-/m1/s1. The van der Waals surface area contributed by atoms with Gasteiger partial charge in [-0.2, -0.15) is 0 Å². The number of nitro groups is 1. The first-order valence-electron chi connectivity index (χ1n) is 8.86. The first kappa shape index (κ1) is 19.2. The van der Waals surface area contributed by atoms with Gasteiger partial charge in [-0.25, -0.2) is 0 Å². The van der Waals surface area contributed by atoms with E-state index in [4.69, 9.17) is 0 Å². The van der Waals surface area contributed by atoms with Crippen LogP contribution >= 0.6 is 0 Å². The molecule has 1 heterocycles. The van der Waals surface area contributed by atoms with Crippen LogP contribution in [0.25, 0.3) is 0 Å². The molecule has 3 rings (SSSR count). The van der Waals surface area contributed by atoms with E-state index in [2.05, 4.69) is 10.6 Å². The van der Waals surface area contributed by atoms with Crippen LogP contribution in [0.5, 0.6) is 0 Å². The van der Waals surface area contributed by atoms with Gasteiger partial charge in [0, 0.05) is 29.8 Å². The number of carbonyl (C=O) groups excluding carboxylic acids is 3. The quantitative estimate of drug-likeness (QED) is 0.469. The van der Waals surface area contributed by atoms with Gasteiger partial charge >= 0.3 is 0 Å². The summed E-state index contributed by atoms with van der Waals surface area (Å²) in [6.07, 6.45) is 1.27.